The monoisotopic (exact) mass is 321 g/mol. The number of hydrogen-bond acceptors (Lipinski definition) is 5. The molecule has 1 atom stereocenters. The third kappa shape index (κ3) is 2.95. The molecule has 0 saturated carbocycles. The van der Waals surface area contributed by atoms with Gasteiger partial charge in [-0.1, -0.05) is 0 Å². The maximum absolute atomic E-state index is 12.3. The van der Waals surface area contributed by atoms with Crippen LogP contribution in [0.1, 0.15) is 34.1 Å². The molecule has 1 fully saturated rings. The number of nitrogens with zero attached hydrogens (tertiary/aromatic N) is 2. The normalized spacial score (nSPS) is 23.2. The van der Waals surface area contributed by atoms with Gasteiger partial charge in [0, 0.05) is 19.1 Å². The van der Waals surface area contributed by atoms with E-state index in [0.29, 0.717) is 6.54 Å². The fourth-order valence-electron chi connectivity index (χ4n) is 3.28. The first kappa shape index (κ1) is 15.6. The van der Waals surface area contributed by atoms with Crippen LogP contribution in [-0.4, -0.2) is 33.3 Å². The number of rotatable bonds is 4. The highest BCUT2D eigenvalue weighted by molar-refractivity contribution is 7.17. The van der Waals surface area contributed by atoms with Gasteiger partial charge in [-0.3, -0.25) is 9.36 Å². The van der Waals surface area contributed by atoms with E-state index in [0.717, 1.165) is 23.2 Å². The molecule has 22 heavy (non-hydrogen) atoms. The highest BCUT2D eigenvalue weighted by Gasteiger charge is 2.45. The van der Waals surface area contributed by atoms with Crippen LogP contribution < -0.4 is 10.9 Å². The van der Waals surface area contributed by atoms with Crippen molar-refractivity contribution in [2.75, 3.05) is 6.54 Å². The van der Waals surface area contributed by atoms with Crippen LogP contribution in [0.15, 0.2) is 22.6 Å². The van der Waals surface area contributed by atoms with Crippen molar-refractivity contribution in [1.29, 1.82) is 0 Å². The molecule has 120 valence electrons. The van der Waals surface area contributed by atoms with Crippen LogP contribution in [0.3, 0.4) is 0 Å². The van der Waals surface area contributed by atoms with Crippen LogP contribution in [0.4, 0.5) is 0 Å². The second-order valence-corrected chi connectivity index (χ2v) is 7.97. The van der Waals surface area contributed by atoms with E-state index < -0.39 is 0 Å². The molecule has 1 aliphatic heterocycles. The van der Waals surface area contributed by atoms with Crippen molar-refractivity contribution in [2.24, 2.45) is 0 Å². The Hall–Kier alpha value is -1.24. The van der Waals surface area contributed by atoms with Gasteiger partial charge in [0.25, 0.3) is 5.56 Å². The second-order valence-electron chi connectivity index (χ2n) is 7.05. The number of ether oxygens (including phenoxy) is 1. The number of thiophene rings is 1. The maximum Gasteiger partial charge on any atom is 0.271 e. The first-order chi connectivity index (χ1) is 10.3. The molecule has 5 nitrogen and oxygen atoms in total. The van der Waals surface area contributed by atoms with Crippen molar-refractivity contribution in [1.82, 2.24) is 14.9 Å². The molecule has 2 aromatic rings. The van der Waals surface area contributed by atoms with Gasteiger partial charge < -0.3 is 10.1 Å². The lowest BCUT2D eigenvalue weighted by molar-refractivity contribution is -0.0698. The Morgan fingerprint density at radius 1 is 1.45 bits per heavy atom. The lowest BCUT2D eigenvalue weighted by atomic mass is 9.94. The van der Waals surface area contributed by atoms with E-state index in [1.807, 2.05) is 11.4 Å². The molecule has 3 heterocycles. The number of aromatic nitrogens is 2. The van der Waals surface area contributed by atoms with Gasteiger partial charge in [-0.2, -0.15) is 0 Å². The largest absolute Gasteiger partial charge is 0.368 e. The minimum atomic E-state index is -0.190. The Morgan fingerprint density at radius 3 is 2.91 bits per heavy atom. The molecule has 0 bridgehead atoms. The number of nitrogens with one attached hydrogen (secondary N) is 1. The van der Waals surface area contributed by atoms with Gasteiger partial charge in [0.2, 0.25) is 0 Å². The Morgan fingerprint density at radius 2 is 2.23 bits per heavy atom. The van der Waals surface area contributed by atoms with Crippen LogP contribution in [0.5, 0.6) is 0 Å². The van der Waals surface area contributed by atoms with Gasteiger partial charge in [-0.25, -0.2) is 4.98 Å². The van der Waals surface area contributed by atoms with E-state index in [1.165, 1.54) is 11.3 Å². The van der Waals surface area contributed by atoms with E-state index in [2.05, 4.69) is 38.0 Å². The molecule has 0 amide bonds. The van der Waals surface area contributed by atoms with Crippen LogP contribution in [-0.2, 0) is 11.3 Å². The lowest BCUT2D eigenvalue weighted by Crippen LogP contribution is -2.44. The molecule has 0 spiro atoms. The molecule has 0 aliphatic carbocycles. The van der Waals surface area contributed by atoms with Crippen molar-refractivity contribution < 1.29 is 4.74 Å². The summed E-state index contributed by atoms with van der Waals surface area (Å²) in [7, 11) is 0. The first-order valence-corrected chi connectivity index (χ1v) is 8.53. The quantitative estimate of drug-likeness (QED) is 0.939. The minimum Gasteiger partial charge on any atom is -0.368 e. The average molecular weight is 321 g/mol. The zero-order valence-corrected chi connectivity index (χ0v) is 14.4. The van der Waals surface area contributed by atoms with Crippen molar-refractivity contribution in [3.63, 3.8) is 0 Å². The molecule has 0 unspecified atom stereocenters. The molecule has 1 N–H and O–H groups in total. The van der Waals surface area contributed by atoms with Gasteiger partial charge in [-0.15, -0.1) is 11.3 Å². The van der Waals surface area contributed by atoms with Crippen molar-refractivity contribution in [3.05, 3.63) is 28.1 Å². The van der Waals surface area contributed by atoms with E-state index in [9.17, 15) is 4.79 Å². The first-order valence-electron chi connectivity index (χ1n) is 7.65. The number of fused-ring (bicyclic) bond motifs is 1. The summed E-state index contributed by atoms with van der Waals surface area (Å²) >= 11 is 1.45. The highest BCUT2D eigenvalue weighted by atomic mass is 32.1. The van der Waals surface area contributed by atoms with Crippen LogP contribution in [0.2, 0.25) is 0 Å². The van der Waals surface area contributed by atoms with Crippen molar-refractivity contribution in [3.8, 4) is 0 Å². The van der Waals surface area contributed by atoms with Gasteiger partial charge in [0.05, 0.1) is 23.0 Å². The summed E-state index contributed by atoms with van der Waals surface area (Å²) in [5.41, 5.74) is 0.537. The molecule has 3 rings (SSSR count). The third-order valence-corrected chi connectivity index (χ3v) is 5.15. The highest BCUT2D eigenvalue weighted by Crippen LogP contribution is 2.37. The van der Waals surface area contributed by atoms with Gasteiger partial charge in [-0.05, 0) is 45.6 Å². The van der Waals surface area contributed by atoms with E-state index in [4.69, 9.17) is 4.74 Å². The summed E-state index contributed by atoms with van der Waals surface area (Å²) in [6.45, 7) is 9.82. The standard InChI is InChI=1S/C16H23N3O2S/c1-15(2)9-12(16(3,4)21-15)17-6-7-19-10-18-11-5-8-22-13(11)14(19)20/h5,8,10,12,17H,6-7,9H2,1-4H3/t12-/m1/s1. The molecule has 1 aliphatic rings. The summed E-state index contributed by atoms with van der Waals surface area (Å²) in [5, 5.41) is 5.44. The molecule has 2 aromatic heterocycles. The maximum atomic E-state index is 12.3. The zero-order valence-electron chi connectivity index (χ0n) is 13.5. The Labute approximate surface area is 134 Å². The summed E-state index contributed by atoms with van der Waals surface area (Å²) < 4.78 is 8.49. The van der Waals surface area contributed by atoms with Crippen molar-refractivity contribution in [2.45, 2.75) is 57.9 Å². The lowest BCUT2D eigenvalue weighted by Gasteiger charge is -2.28. The predicted octanol–water partition coefficient (Wildman–Crippen LogP) is 2.39. The molecule has 0 aromatic carbocycles. The SMILES string of the molecule is CC1(C)C[C@@H](NCCn2cnc3ccsc3c2=O)C(C)(C)O1. The van der Waals surface area contributed by atoms with Gasteiger partial charge >= 0.3 is 0 Å². The Balaban J connectivity index is 1.65. The summed E-state index contributed by atoms with van der Waals surface area (Å²) in [5.74, 6) is 0. The fourth-order valence-corrected chi connectivity index (χ4v) is 4.07. The number of hydrogen-bond donors (Lipinski definition) is 1. The molecule has 1 saturated heterocycles. The Kier molecular flexibility index (Phi) is 3.87. The van der Waals surface area contributed by atoms with Crippen LogP contribution in [0.25, 0.3) is 10.2 Å². The summed E-state index contributed by atoms with van der Waals surface area (Å²) in [6.07, 6.45) is 2.61. The van der Waals surface area contributed by atoms with E-state index in [-0.39, 0.29) is 22.8 Å². The summed E-state index contributed by atoms with van der Waals surface area (Å²) in [4.78, 5) is 16.7. The topological polar surface area (TPSA) is 56.2 Å². The second kappa shape index (κ2) is 5.44. The Bertz CT molecular complexity index is 732. The minimum absolute atomic E-state index is 0.0454. The predicted molar refractivity (Wildman–Crippen MR) is 89.5 cm³/mol. The third-order valence-electron chi connectivity index (χ3n) is 4.25. The van der Waals surface area contributed by atoms with Crippen molar-refractivity contribution >= 4 is 21.6 Å². The average Bonchev–Trinajstić information content (AvgIpc) is 2.94. The van der Waals surface area contributed by atoms with Gasteiger partial charge in [0.1, 0.15) is 4.70 Å². The van der Waals surface area contributed by atoms with E-state index in [1.54, 1.807) is 10.9 Å². The molecule has 6 heteroatoms. The van der Waals surface area contributed by atoms with Gasteiger partial charge in [0.15, 0.2) is 0 Å². The van der Waals surface area contributed by atoms with E-state index >= 15 is 0 Å². The molecule has 0 radical (unpaired) electrons. The summed E-state index contributed by atoms with van der Waals surface area (Å²) in [6, 6.07) is 2.17. The molecular formula is C16H23N3O2S. The smallest absolute Gasteiger partial charge is 0.271 e. The zero-order chi connectivity index (χ0) is 16.0. The molecular weight excluding hydrogens is 298 g/mol. The van der Waals surface area contributed by atoms with Crippen LogP contribution >= 0.6 is 11.3 Å². The fraction of sp³-hybridized carbons (Fsp3) is 0.625. The van der Waals surface area contributed by atoms with Crippen LogP contribution in [0, 0.1) is 0 Å².